The Morgan fingerprint density at radius 2 is 1.86 bits per heavy atom. The van der Waals surface area contributed by atoms with Crippen molar-refractivity contribution in [2.45, 2.75) is 6.04 Å². The molecule has 1 aromatic heterocycles. The van der Waals surface area contributed by atoms with Gasteiger partial charge in [-0.2, -0.15) is 0 Å². The maximum atomic E-state index is 13.3. The molecule has 0 saturated carbocycles. The Hall–Kier alpha value is -3.67. The molecule has 0 aliphatic carbocycles. The third-order valence-corrected chi connectivity index (χ3v) is 4.72. The predicted octanol–water partition coefficient (Wildman–Crippen LogP) is 4.00. The summed E-state index contributed by atoms with van der Waals surface area (Å²) in [5.41, 5.74) is 0.736. The lowest BCUT2D eigenvalue weighted by Crippen LogP contribution is -2.34. The molecule has 1 N–H and O–H groups in total. The summed E-state index contributed by atoms with van der Waals surface area (Å²) in [7, 11) is 1.84. The van der Waals surface area contributed by atoms with Crippen molar-refractivity contribution in [2.75, 3.05) is 6.61 Å². The van der Waals surface area contributed by atoms with Crippen LogP contribution in [0.3, 0.4) is 0 Å². The molecule has 0 radical (unpaired) electrons. The number of aryl methyl sites for hydroxylation is 1. The number of hydrogen-bond donors (Lipinski definition) is 1. The number of carbonyl (C=O) groups is 1. The summed E-state index contributed by atoms with van der Waals surface area (Å²) in [5.74, 6) is 0.638. The number of fused-ring (bicyclic) bond motifs is 1. The van der Waals surface area contributed by atoms with Crippen LogP contribution in [0, 0.1) is 5.82 Å². The maximum Gasteiger partial charge on any atom is 0.258 e. The van der Waals surface area contributed by atoms with Crippen LogP contribution in [-0.2, 0) is 11.8 Å². The molecule has 0 fully saturated rings. The number of imidazole rings is 1. The molecule has 1 atom stereocenters. The Kier molecular flexibility index (Phi) is 5.24. The second-order valence-electron chi connectivity index (χ2n) is 6.75. The van der Waals surface area contributed by atoms with Gasteiger partial charge in [-0.05, 0) is 40.6 Å². The van der Waals surface area contributed by atoms with Gasteiger partial charge in [0.1, 0.15) is 23.4 Å². The van der Waals surface area contributed by atoms with Crippen molar-refractivity contribution < 1.29 is 13.9 Å². The van der Waals surface area contributed by atoms with E-state index in [0.29, 0.717) is 11.6 Å². The molecule has 4 aromatic rings. The van der Waals surface area contributed by atoms with E-state index < -0.39 is 6.04 Å². The molecule has 0 saturated heterocycles. The van der Waals surface area contributed by atoms with E-state index in [0.717, 1.165) is 16.3 Å². The molecule has 29 heavy (non-hydrogen) atoms. The van der Waals surface area contributed by atoms with Crippen LogP contribution in [0.1, 0.15) is 17.4 Å². The Morgan fingerprint density at radius 3 is 2.59 bits per heavy atom. The minimum atomic E-state index is -0.511. The molecular weight excluding hydrogens is 369 g/mol. The highest BCUT2D eigenvalue weighted by Crippen LogP contribution is 2.22. The second kappa shape index (κ2) is 8.14. The first kappa shape index (κ1) is 18.7. The third-order valence-electron chi connectivity index (χ3n) is 4.72. The minimum Gasteiger partial charge on any atom is -0.484 e. The number of aromatic nitrogens is 2. The first-order valence-corrected chi connectivity index (χ1v) is 9.24. The highest BCUT2D eigenvalue weighted by molar-refractivity contribution is 5.84. The van der Waals surface area contributed by atoms with Gasteiger partial charge in [0.15, 0.2) is 6.61 Å². The van der Waals surface area contributed by atoms with Gasteiger partial charge >= 0.3 is 0 Å². The van der Waals surface area contributed by atoms with E-state index in [1.807, 2.05) is 54.1 Å². The van der Waals surface area contributed by atoms with Gasteiger partial charge in [0.25, 0.3) is 5.91 Å². The van der Waals surface area contributed by atoms with Crippen LogP contribution >= 0.6 is 0 Å². The van der Waals surface area contributed by atoms with Crippen molar-refractivity contribution in [1.82, 2.24) is 14.9 Å². The summed E-state index contributed by atoms with van der Waals surface area (Å²) in [6.07, 6.45) is 3.45. The summed E-state index contributed by atoms with van der Waals surface area (Å²) in [4.78, 5) is 16.9. The van der Waals surface area contributed by atoms with Crippen molar-refractivity contribution in [3.05, 3.63) is 96.3 Å². The largest absolute Gasteiger partial charge is 0.484 e. The molecule has 1 heterocycles. The van der Waals surface area contributed by atoms with E-state index in [-0.39, 0.29) is 18.3 Å². The maximum absolute atomic E-state index is 13.3. The first-order chi connectivity index (χ1) is 14.1. The molecule has 4 rings (SSSR count). The van der Waals surface area contributed by atoms with E-state index in [1.54, 1.807) is 24.5 Å². The van der Waals surface area contributed by atoms with E-state index in [9.17, 15) is 9.18 Å². The fraction of sp³-hybridized carbons (Fsp3) is 0.130. The third kappa shape index (κ3) is 4.27. The molecule has 0 unspecified atom stereocenters. The monoisotopic (exact) mass is 389 g/mol. The van der Waals surface area contributed by atoms with E-state index in [2.05, 4.69) is 10.3 Å². The zero-order valence-electron chi connectivity index (χ0n) is 15.9. The highest BCUT2D eigenvalue weighted by Gasteiger charge is 2.21. The van der Waals surface area contributed by atoms with Crippen molar-refractivity contribution in [3.63, 3.8) is 0 Å². The van der Waals surface area contributed by atoms with Crippen LogP contribution in [0.4, 0.5) is 4.39 Å². The summed E-state index contributed by atoms with van der Waals surface area (Å²) in [6.45, 7) is -0.138. The lowest BCUT2D eigenvalue weighted by Gasteiger charge is -2.19. The molecule has 146 valence electrons. The number of nitrogens with one attached hydrogen (secondary N) is 1. The number of rotatable bonds is 6. The normalized spacial score (nSPS) is 11.9. The SMILES string of the molecule is Cn1ccnc1[C@H](NC(=O)COc1ccc2ccccc2c1)c1ccc(F)cc1. The quantitative estimate of drug-likeness (QED) is 0.542. The summed E-state index contributed by atoms with van der Waals surface area (Å²) >= 11 is 0. The number of carbonyl (C=O) groups excluding carboxylic acids is 1. The van der Waals surface area contributed by atoms with Gasteiger partial charge in [-0.1, -0.05) is 42.5 Å². The molecule has 0 aliphatic rings. The fourth-order valence-corrected chi connectivity index (χ4v) is 3.22. The average molecular weight is 389 g/mol. The summed E-state index contributed by atoms with van der Waals surface area (Å²) < 4.78 is 20.8. The van der Waals surface area contributed by atoms with Gasteiger partial charge in [-0.3, -0.25) is 4.79 Å². The van der Waals surface area contributed by atoms with Gasteiger partial charge in [0.2, 0.25) is 0 Å². The molecule has 0 bridgehead atoms. The van der Waals surface area contributed by atoms with Gasteiger partial charge in [0.05, 0.1) is 0 Å². The Balaban J connectivity index is 1.48. The lowest BCUT2D eigenvalue weighted by atomic mass is 10.1. The van der Waals surface area contributed by atoms with E-state index >= 15 is 0 Å². The summed E-state index contributed by atoms with van der Waals surface area (Å²) in [5, 5.41) is 5.08. The molecule has 6 heteroatoms. The molecule has 3 aromatic carbocycles. The van der Waals surface area contributed by atoms with E-state index in [4.69, 9.17) is 4.74 Å². The van der Waals surface area contributed by atoms with Crippen LogP contribution in [-0.4, -0.2) is 22.1 Å². The Morgan fingerprint density at radius 1 is 1.10 bits per heavy atom. The second-order valence-corrected chi connectivity index (χ2v) is 6.75. The molecule has 0 aliphatic heterocycles. The van der Waals surface area contributed by atoms with Gasteiger partial charge < -0.3 is 14.6 Å². The number of hydrogen-bond acceptors (Lipinski definition) is 3. The predicted molar refractivity (Wildman–Crippen MR) is 109 cm³/mol. The minimum absolute atomic E-state index is 0.138. The highest BCUT2D eigenvalue weighted by atomic mass is 19.1. The van der Waals surface area contributed by atoms with E-state index in [1.165, 1.54) is 12.1 Å². The summed E-state index contributed by atoms with van der Waals surface area (Å²) in [6, 6.07) is 19.1. The Labute approximate surface area is 167 Å². The Bertz CT molecular complexity index is 1140. The number of halogens is 1. The lowest BCUT2D eigenvalue weighted by molar-refractivity contribution is -0.123. The van der Waals surface area contributed by atoms with Crippen molar-refractivity contribution in [1.29, 1.82) is 0 Å². The van der Waals surface area contributed by atoms with Crippen molar-refractivity contribution in [3.8, 4) is 5.75 Å². The van der Waals surface area contributed by atoms with Crippen molar-refractivity contribution in [2.24, 2.45) is 7.05 Å². The number of amides is 1. The standard InChI is InChI=1S/C23H20FN3O2/c1-27-13-12-25-23(27)22(17-6-9-19(24)10-7-17)26-21(28)15-29-20-11-8-16-4-2-3-5-18(16)14-20/h2-14,22H,15H2,1H3,(H,26,28)/t22-/m1/s1. The zero-order valence-corrected chi connectivity index (χ0v) is 15.9. The zero-order chi connectivity index (χ0) is 20.2. The topological polar surface area (TPSA) is 56.2 Å². The van der Waals surface area contributed by atoms with Gasteiger partial charge in [-0.15, -0.1) is 0 Å². The first-order valence-electron chi connectivity index (χ1n) is 9.24. The van der Waals surface area contributed by atoms with Gasteiger partial charge in [-0.25, -0.2) is 9.37 Å². The number of nitrogens with zero attached hydrogens (tertiary/aromatic N) is 2. The molecule has 0 spiro atoms. The smallest absolute Gasteiger partial charge is 0.258 e. The number of ether oxygens (including phenoxy) is 1. The fourth-order valence-electron chi connectivity index (χ4n) is 3.22. The van der Waals surface area contributed by atoms with Crippen LogP contribution in [0.2, 0.25) is 0 Å². The average Bonchev–Trinajstić information content (AvgIpc) is 3.16. The van der Waals surface area contributed by atoms with Gasteiger partial charge in [0, 0.05) is 19.4 Å². The van der Waals surface area contributed by atoms with Crippen LogP contribution < -0.4 is 10.1 Å². The molecule has 1 amide bonds. The molecular formula is C23H20FN3O2. The van der Waals surface area contributed by atoms with Crippen LogP contribution in [0.5, 0.6) is 5.75 Å². The van der Waals surface area contributed by atoms with Crippen LogP contribution in [0.25, 0.3) is 10.8 Å². The van der Waals surface area contributed by atoms with Crippen LogP contribution in [0.15, 0.2) is 79.1 Å². The van der Waals surface area contributed by atoms with Crippen molar-refractivity contribution >= 4 is 16.7 Å². The molecule has 5 nitrogen and oxygen atoms in total. The number of benzene rings is 3.